The number of carbonyl (C=O) groups is 1. The van der Waals surface area contributed by atoms with E-state index in [0.29, 0.717) is 22.3 Å². The van der Waals surface area contributed by atoms with Crippen LogP contribution in [0.5, 0.6) is 0 Å². The van der Waals surface area contributed by atoms with Gasteiger partial charge in [-0.05, 0) is 30.5 Å². The number of thioether (sulfide) groups is 2. The highest BCUT2D eigenvalue weighted by atomic mass is 32.2. The van der Waals surface area contributed by atoms with Gasteiger partial charge in [0.25, 0.3) is 5.91 Å². The van der Waals surface area contributed by atoms with E-state index >= 15 is 0 Å². The Bertz CT molecular complexity index is 1000. The van der Waals surface area contributed by atoms with Gasteiger partial charge in [0.05, 0.1) is 22.2 Å². The van der Waals surface area contributed by atoms with Crippen molar-refractivity contribution < 1.29 is 9.90 Å². The summed E-state index contributed by atoms with van der Waals surface area (Å²) < 4.78 is 0.604. The van der Waals surface area contributed by atoms with E-state index in [1.807, 2.05) is 31.2 Å². The molecule has 1 fully saturated rings. The van der Waals surface area contributed by atoms with Crippen LogP contribution >= 0.6 is 35.7 Å². The number of rotatable bonds is 4. The number of carbonyl (C=O) groups excluding carboxylic acids is 1. The van der Waals surface area contributed by atoms with Crippen LogP contribution < -0.4 is 4.90 Å². The minimum atomic E-state index is -0.0379. The maximum absolute atomic E-state index is 12.4. The lowest BCUT2D eigenvalue weighted by molar-refractivity contribution is -0.122. The van der Waals surface area contributed by atoms with Crippen LogP contribution in [0.3, 0.4) is 0 Å². The smallest absolute Gasteiger partial charge is 0.266 e. The molecule has 1 saturated heterocycles. The molecule has 0 atom stereocenters. The number of fused-ring (bicyclic) bond motifs is 3. The number of likely N-dealkylation sites (N-methyl/N-ethyl adjacent to an activating group) is 1. The van der Waals surface area contributed by atoms with Crippen molar-refractivity contribution in [1.29, 1.82) is 0 Å². The molecule has 2 aliphatic rings. The first-order chi connectivity index (χ1) is 13.1. The molecule has 0 spiro atoms. The standard InChI is InChI=1S/C20H18N2O2S3/c1-2-21-19(24)16(27-20(21)25)9-10-17-22(11-12-23)18-14-6-4-3-5-13(14)7-8-15(18)26-17/h3-10,23H,2,11-12H2,1H3/b16-9-,17-10?. The fraction of sp³-hybridized carbons (Fsp3) is 0.200. The van der Waals surface area contributed by atoms with Crippen LogP contribution in [0.25, 0.3) is 10.8 Å². The van der Waals surface area contributed by atoms with Gasteiger partial charge < -0.3 is 10.0 Å². The third-order valence-electron chi connectivity index (χ3n) is 4.50. The number of hydrogen-bond donors (Lipinski definition) is 1. The van der Waals surface area contributed by atoms with Gasteiger partial charge in [0, 0.05) is 23.4 Å². The zero-order valence-corrected chi connectivity index (χ0v) is 17.2. The fourth-order valence-electron chi connectivity index (χ4n) is 3.25. The molecule has 4 nitrogen and oxygen atoms in total. The second-order valence-electron chi connectivity index (χ2n) is 6.06. The van der Waals surface area contributed by atoms with Crippen LogP contribution in [-0.2, 0) is 4.79 Å². The summed E-state index contributed by atoms with van der Waals surface area (Å²) in [5.41, 5.74) is 1.12. The van der Waals surface area contributed by atoms with E-state index in [2.05, 4.69) is 29.2 Å². The number of allylic oxidation sites excluding steroid dienone is 2. The number of β-amino-alcohol motifs (C(OH)–C–C–N with tert-alkyl or cyclic N) is 1. The predicted molar refractivity (Wildman–Crippen MR) is 118 cm³/mol. The quantitative estimate of drug-likeness (QED) is 0.593. The van der Waals surface area contributed by atoms with Crippen molar-refractivity contribution >= 4 is 62.4 Å². The van der Waals surface area contributed by atoms with E-state index in [1.54, 1.807) is 16.7 Å². The Morgan fingerprint density at radius 1 is 1.11 bits per heavy atom. The number of nitrogens with zero attached hydrogens (tertiary/aromatic N) is 2. The Hall–Kier alpha value is -1.80. The van der Waals surface area contributed by atoms with Crippen LogP contribution in [0.2, 0.25) is 0 Å². The highest BCUT2D eigenvalue weighted by Gasteiger charge is 2.31. The SMILES string of the molecule is CCN1C(=O)/C(=C/C=C2Sc3ccc4ccccc4c3N2CCO)SC1=S. The zero-order valence-electron chi connectivity index (χ0n) is 14.7. The van der Waals surface area contributed by atoms with Crippen molar-refractivity contribution in [3.63, 3.8) is 0 Å². The van der Waals surface area contributed by atoms with E-state index < -0.39 is 0 Å². The molecule has 2 aromatic carbocycles. The summed E-state index contributed by atoms with van der Waals surface area (Å²) in [7, 11) is 0. The first-order valence-electron chi connectivity index (χ1n) is 8.67. The Kier molecular flexibility index (Phi) is 5.27. The lowest BCUT2D eigenvalue weighted by atomic mass is 10.1. The number of amides is 1. The molecular formula is C20H18N2O2S3. The van der Waals surface area contributed by atoms with Gasteiger partial charge in [-0.1, -0.05) is 66.1 Å². The molecule has 4 rings (SSSR count). The number of anilines is 1. The lowest BCUT2D eigenvalue weighted by Gasteiger charge is -2.20. The molecule has 138 valence electrons. The topological polar surface area (TPSA) is 43.8 Å². The van der Waals surface area contributed by atoms with E-state index in [4.69, 9.17) is 12.2 Å². The molecule has 2 heterocycles. The predicted octanol–water partition coefficient (Wildman–Crippen LogP) is 4.35. The van der Waals surface area contributed by atoms with Crippen molar-refractivity contribution in [2.75, 3.05) is 24.6 Å². The maximum Gasteiger partial charge on any atom is 0.266 e. The number of hydrogen-bond acceptors (Lipinski definition) is 6. The Morgan fingerprint density at radius 3 is 2.67 bits per heavy atom. The molecule has 0 aromatic heterocycles. The van der Waals surface area contributed by atoms with Gasteiger partial charge >= 0.3 is 0 Å². The summed E-state index contributed by atoms with van der Waals surface area (Å²) in [4.78, 5) is 17.9. The first-order valence-corrected chi connectivity index (χ1v) is 10.7. The highest BCUT2D eigenvalue weighted by molar-refractivity contribution is 8.26. The molecule has 27 heavy (non-hydrogen) atoms. The van der Waals surface area contributed by atoms with Crippen molar-refractivity contribution in [2.45, 2.75) is 11.8 Å². The number of benzene rings is 2. The van der Waals surface area contributed by atoms with E-state index in [-0.39, 0.29) is 12.5 Å². The zero-order chi connectivity index (χ0) is 19.0. The Balaban J connectivity index is 1.72. The van der Waals surface area contributed by atoms with Crippen molar-refractivity contribution in [3.05, 3.63) is 58.5 Å². The van der Waals surface area contributed by atoms with Crippen LogP contribution in [0, 0.1) is 0 Å². The van der Waals surface area contributed by atoms with Crippen LogP contribution in [0.1, 0.15) is 6.92 Å². The summed E-state index contributed by atoms with van der Waals surface area (Å²) in [6, 6.07) is 12.5. The summed E-state index contributed by atoms with van der Waals surface area (Å²) in [6.45, 7) is 3.06. The minimum Gasteiger partial charge on any atom is -0.395 e. The average Bonchev–Trinajstić information content (AvgIpc) is 3.17. The Labute approximate surface area is 171 Å². The average molecular weight is 415 g/mol. The number of thiocarbonyl (C=S) groups is 1. The molecule has 1 N–H and O–H groups in total. The second kappa shape index (κ2) is 7.67. The van der Waals surface area contributed by atoms with Gasteiger partial charge in [-0.2, -0.15) is 0 Å². The molecule has 0 saturated carbocycles. The molecule has 0 aliphatic carbocycles. The highest BCUT2D eigenvalue weighted by Crippen LogP contribution is 2.49. The third-order valence-corrected chi connectivity index (χ3v) is 7.02. The first kappa shape index (κ1) is 18.6. The summed E-state index contributed by atoms with van der Waals surface area (Å²) >= 11 is 8.27. The van der Waals surface area contributed by atoms with E-state index in [1.165, 1.54) is 17.1 Å². The van der Waals surface area contributed by atoms with Gasteiger partial charge in [0.1, 0.15) is 4.32 Å². The second-order valence-corrected chi connectivity index (χ2v) is 8.80. The molecule has 0 unspecified atom stereocenters. The number of aliphatic hydroxyl groups excluding tert-OH is 1. The summed E-state index contributed by atoms with van der Waals surface area (Å²) in [5, 5.41) is 12.9. The lowest BCUT2D eigenvalue weighted by Crippen LogP contribution is -2.27. The van der Waals surface area contributed by atoms with Crippen molar-refractivity contribution in [3.8, 4) is 0 Å². The van der Waals surface area contributed by atoms with Crippen LogP contribution in [0.4, 0.5) is 5.69 Å². The van der Waals surface area contributed by atoms with Gasteiger partial charge in [-0.15, -0.1) is 0 Å². The van der Waals surface area contributed by atoms with Crippen LogP contribution in [0.15, 0.2) is 63.4 Å². The van der Waals surface area contributed by atoms with Gasteiger partial charge in [-0.25, -0.2) is 0 Å². The fourth-order valence-corrected chi connectivity index (χ4v) is 5.69. The summed E-state index contributed by atoms with van der Waals surface area (Å²) in [5.74, 6) is -0.0379. The third kappa shape index (κ3) is 3.29. The normalized spacial score (nSPS) is 19.8. The number of aliphatic hydroxyl groups is 1. The Morgan fingerprint density at radius 2 is 1.93 bits per heavy atom. The van der Waals surface area contributed by atoms with E-state index in [0.717, 1.165) is 21.0 Å². The van der Waals surface area contributed by atoms with E-state index in [9.17, 15) is 9.90 Å². The van der Waals surface area contributed by atoms with Crippen molar-refractivity contribution in [2.24, 2.45) is 0 Å². The monoisotopic (exact) mass is 414 g/mol. The summed E-state index contributed by atoms with van der Waals surface area (Å²) in [6.07, 6.45) is 3.80. The molecular weight excluding hydrogens is 396 g/mol. The molecule has 0 bridgehead atoms. The minimum absolute atomic E-state index is 0.0379. The molecule has 7 heteroatoms. The molecule has 0 radical (unpaired) electrons. The molecule has 1 amide bonds. The molecule has 2 aromatic rings. The maximum atomic E-state index is 12.4. The van der Waals surface area contributed by atoms with Gasteiger partial charge in [-0.3, -0.25) is 9.69 Å². The van der Waals surface area contributed by atoms with Crippen molar-refractivity contribution in [1.82, 2.24) is 4.90 Å². The molecule has 2 aliphatic heterocycles. The van der Waals surface area contributed by atoms with Gasteiger partial charge in [0.15, 0.2) is 0 Å². The van der Waals surface area contributed by atoms with Crippen LogP contribution in [-0.4, -0.2) is 39.9 Å². The van der Waals surface area contributed by atoms with Gasteiger partial charge in [0.2, 0.25) is 0 Å². The largest absolute Gasteiger partial charge is 0.395 e.